The fourth-order valence-electron chi connectivity index (χ4n) is 10.8. The van der Waals surface area contributed by atoms with Crippen molar-refractivity contribution >= 4 is 34.9 Å². The fraction of sp³-hybridized carbons (Fsp3) is 0.357. The van der Waals surface area contributed by atoms with Gasteiger partial charge in [-0.15, -0.1) is 0 Å². The van der Waals surface area contributed by atoms with Gasteiger partial charge in [0.2, 0.25) is 18.0 Å². The van der Waals surface area contributed by atoms with E-state index < -0.39 is 24.5 Å². The highest BCUT2D eigenvalue weighted by Crippen LogP contribution is 2.47. The van der Waals surface area contributed by atoms with Gasteiger partial charge in [-0.2, -0.15) is 0 Å². The Morgan fingerprint density at radius 2 is 1.42 bits per heavy atom. The van der Waals surface area contributed by atoms with E-state index in [0.29, 0.717) is 24.5 Å². The SMILES string of the molecule is COC(=O)N[C@H](C(=O)N1CCC[C@H]1c1ncc(-c2ccc3c(c2)OC(c2ccc(F)cc2)n2c-3cc3cc(-c4ccc(-c5cnc([C@H]6CCCC[C@H]6C(=O)N(NC(=O)OC)C(C)C)[nH]5)cc4)ccc32)[nH]1)C(C)C. The summed E-state index contributed by atoms with van der Waals surface area (Å²) in [7, 11) is 2.56. The molecule has 10 rings (SSSR count). The Bertz CT molecular complexity index is 3180. The molecule has 5 heterocycles. The van der Waals surface area contributed by atoms with E-state index in [1.165, 1.54) is 31.4 Å². The molecule has 3 aromatic heterocycles. The Kier molecular flexibility index (Phi) is 13.5. The normalized spacial score (nSPS) is 18.7. The van der Waals surface area contributed by atoms with E-state index in [1.54, 1.807) is 23.2 Å². The number of hydrogen-bond acceptors (Lipinski definition) is 9. The zero-order valence-electron chi connectivity index (χ0n) is 41.8. The van der Waals surface area contributed by atoms with Crippen LogP contribution in [0.5, 0.6) is 5.75 Å². The van der Waals surface area contributed by atoms with Gasteiger partial charge < -0.3 is 39.0 Å². The molecule has 2 aliphatic heterocycles. The summed E-state index contributed by atoms with van der Waals surface area (Å²) in [5, 5.41) is 5.09. The zero-order valence-corrected chi connectivity index (χ0v) is 41.8. The van der Waals surface area contributed by atoms with E-state index in [4.69, 9.17) is 24.2 Å². The van der Waals surface area contributed by atoms with Gasteiger partial charge in [-0.25, -0.2) is 34.4 Å². The molecule has 1 saturated carbocycles. The summed E-state index contributed by atoms with van der Waals surface area (Å²) < 4.78 is 33.0. The number of likely N-dealkylation sites (tertiary alicyclic amines) is 1. The Morgan fingerprint density at radius 3 is 2.15 bits per heavy atom. The molecule has 16 nitrogen and oxygen atoms in total. The number of amides is 4. The number of aromatic nitrogens is 5. The number of carbonyl (C=O) groups excluding carboxylic acids is 4. The number of ether oxygens (including phenoxy) is 3. The van der Waals surface area contributed by atoms with Crippen molar-refractivity contribution in [3.05, 3.63) is 126 Å². The topological polar surface area (TPSA) is 189 Å². The van der Waals surface area contributed by atoms with Crippen molar-refractivity contribution in [2.75, 3.05) is 20.8 Å². The lowest BCUT2D eigenvalue weighted by Gasteiger charge is -2.35. The number of benzene rings is 4. The third-order valence-electron chi connectivity index (χ3n) is 14.6. The van der Waals surface area contributed by atoms with Crippen LogP contribution in [0.25, 0.3) is 55.8 Å². The first kappa shape index (κ1) is 48.7. The van der Waals surface area contributed by atoms with E-state index in [9.17, 15) is 23.6 Å². The second-order valence-electron chi connectivity index (χ2n) is 19.8. The van der Waals surface area contributed by atoms with E-state index in [-0.39, 0.29) is 47.5 Å². The van der Waals surface area contributed by atoms with Crippen LogP contribution >= 0.6 is 0 Å². The highest BCUT2D eigenvalue weighted by Gasteiger charge is 2.40. The summed E-state index contributed by atoms with van der Waals surface area (Å²) >= 11 is 0. The van der Waals surface area contributed by atoms with Crippen LogP contribution in [-0.2, 0) is 19.1 Å². The van der Waals surface area contributed by atoms with Gasteiger partial charge in [0, 0.05) is 46.5 Å². The number of rotatable bonds is 11. The molecule has 1 unspecified atom stereocenters. The summed E-state index contributed by atoms with van der Waals surface area (Å²) in [5.41, 5.74) is 11.6. The Hall–Kier alpha value is -7.95. The van der Waals surface area contributed by atoms with Crippen LogP contribution in [-0.4, -0.2) is 91.3 Å². The molecule has 7 aromatic rings. The number of halogens is 1. The third-order valence-corrected chi connectivity index (χ3v) is 14.6. The summed E-state index contributed by atoms with van der Waals surface area (Å²) in [5.74, 6) is 0.785. The summed E-state index contributed by atoms with van der Waals surface area (Å²) in [6.45, 7) is 8.04. The van der Waals surface area contributed by atoms with Crippen LogP contribution in [0, 0.1) is 17.7 Å². The second-order valence-corrected chi connectivity index (χ2v) is 19.8. The average molecular weight is 990 g/mol. The summed E-state index contributed by atoms with van der Waals surface area (Å²) in [6.07, 6.45) is 6.59. The zero-order chi connectivity index (χ0) is 51.1. The highest BCUT2D eigenvalue weighted by molar-refractivity contribution is 5.93. The number of alkyl carbamates (subject to hydrolysis) is 1. The van der Waals surface area contributed by atoms with Crippen LogP contribution in [0.1, 0.15) is 102 Å². The predicted octanol–water partition coefficient (Wildman–Crippen LogP) is 10.7. The number of hydrazine groups is 1. The predicted molar refractivity (Wildman–Crippen MR) is 273 cm³/mol. The van der Waals surface area contributed by atoms with E-state index in [1.807, 2.05) is 52.1 Å². The number of carbonyl (C=O) groups is 4. The smallest absolute Gasteiger partial charge is 0.425 e. The Balaban J connectivity index is 0.910. The Labute approximate surface area is 422 Å². The highest BCUT2D eigenvalue weighted by atomic mass is 19.1. The number of nitrogens with zero attached hydrogens (tertiary/aromatic N) is 5. The molecule has 378 valence electrons. The molecule has 0 bridgehead atoms. The molecule has 3 aliphatic rings. The van der Waals surface area contributed by atoms with Gasteiger partial charge >= 0.3 is 12.2 Å². The van der Waals surface area contributed by atoms with E-state index in [0.717, 1.165) is 99.3 Å². The second kappa shape index (κ2) is 20.3. The summed E-state index contributed by atoms with van der Waals surface area (Å²) in [4.78, 5) is 70.3. The molecule has 73 heavy (non-hydrogen) atoms. The lowest BCUT2D eigenvalue weighted by Crippen LogP contribution is -2.53. The van der Waals surface area contributed by atoms with Gasteiger partial charge in [-0.3, -0.25) is 9.59 Å². The van der Waals surface area contributed by atoms with Crippen LogP contribution in [0.3, 0.4) is 0 Å². The standard InChI is InChI=1S/C56H60FN9O7/c1-31(2)49(62-55(69)71-5)53(68)64-25-9-12-46(64)51-59-30-44(61-51)37-19-23-42-47-27-38-26-36(20-24-45(38)65(47)54(73-48(42)28-37)35-17-21-39(57)22-18-35)33-13-15-34(16-14-33)43-29-58-50(60-43)40-10-7-8-11-41(40)52(67)66(32(3)4)63-56(70)72-6/h13-24,26-32,40-41,46,49,54H,7-12,25H2,1-6H3,(H,58,60)(H,59,61)(H,62,69)(H,63,70)/t40-,41+,46-,49-,54?/m0/s1. The minimum absolute atomic E-state index is 0.127. The van der Waals surface area contributed by atoms with Crippen molar-refractivity contribution in [1.82, 2.24) is 45.2 Å². The van der Waals surface area contributed by atoms with Gasteiger partial charge in [-0.1, -0.05) is 75.2 Å². The molecule has 2 fully saturated rings. The van der Waals surface area contributed by atoms with Crippen molar-refractivity contribution in [2.24, 2.45) is 11.8 Å². The van der Waals surface area contributed by atoms with Crippen molar-refractivity contribution in [1.29, 1.82) is 0 Å². The minimum Gasteiger partial charge on any atom is -0.465 e. The molecule has 0 radical (unpaired) electrons. The van der Waals surface area contributed by atoms with Gasteiger partial charge in [-0.05, 0) is 105 Å². The monoisotopic (exact) mass is 989 g/mol. The minimum atomic E-state index is -0.739. The van der Waals surface area contributed by atoms with Gasteiger partial charge in [0.25, 0.3) is 0 Å². The van der Waals surface area contributed by atoms with Crippen LogP contribution in [0.2, 0.25) is 0 Å². The number of H-pyrrole nitrogens is 2. The molecule has 17 heteroatoms. The fourth-order valence-corrected chi connectivity index (χ4v) is 10.8. The molecule has 4 aromatic carbocycles. The van der Waals surface area contributed by atoms with Crippen LogP contribution < -0.4 is 15.5 Å². The van der Waals surface area contributed by atoms with Crippen LogP contribution in [0.4, 0.5) is 14.0 Å². The van der Waals surface area contributed by atoms with E-state index in [2.05, 4.69) is 73.8 Å². The van der Waals surface area contributed by atoms with Gasteiger partial charge in [0.05, 0.1) is 55.3 Å². The molecular weight excluding hydrogens is 930 g/mol. The van der Waals surface area contributed by atoms with Gasteiger partial charge in [0.1, 0.15) is 29.3 Å². The van der Waals surface area contributed by atoms with E-state index >= 15 is 0 Å². The van der Waals surface area contributed by atoms with Crippen LogP contribution in [0.15, 0.2) is 103 Å². The molecule has 4 amide bonds. The molecular formula is C56H60FN9O7. The Morgan fingerprint density at radius 1 is 0.753 bits per heavy atom. The van der Waals surface area contributed by atoms with Crippen molar-refractivity contribution < 1.29 is 37.8 Å². The lowest BCUT2D eigenvalue weighted by atomic mass is 9.78. The van der Waals surface area contributed by atoms with Crippen molar-refractivity contribution in [3.8, 4) is 50.6 Å². The maximum atomic E-state index is 14.3. The number of aromatic amines is 2. The number of nitrogens with one attached hydrogen (secondary N) is 4. The van der Waals surface area contributed by atoms with Gasteiger partial charge in [0.15, 0.2) is 0 Å². The summed E-state index contributed by atoms with van der Waals surface area (Å²) in [6, 6.07) is 28.0. The van der Waals surface area contributed by atoms with Crippen molar-refractivity contribution in [3.63, 3.8) is 0 Å². The third kappa shape index (κ3) is 9.51. The maximum Gasteiger partial charge on any atom is 0.425 e. The molecule has 1 saturated heterocycles. The first-order valence-corrected chi connectivity index (χ1v) is 25.0. The first-order chi connectivity index (χ1) is 35.3. The number of imidazole rings is 2. The molecule has 0 spiro atoms. The van der Waals surface area contributed by atoms with Crippen molar-refractivity contribution in [2.45, 2.75) is 96.5 Å². The largest absolute Gasteiger partial charge is 0.465 e. The molecule has 1 aliphatic carbocycles. The number of methoxy groups -OCH3 is 2. The molecule has 5 atom stereocenters. The molecule has 4 N–H and O–H groups in total. The number of fused-ring (bicyclic) bond motifs is 5. The number of hydrogen-bond donors (Lipinski definition) is 4. The maximum absolute atomic E-state index is 14.3. The lowest BCUT2D eigenvalue weighted by molar-refractivity contribution is -0.142. The quantitative estimate of drug-likeness (QED) is 0.0914. The average Bonchev–Trinajstić information content (AvgIpc) is 4.26. The first-order valence-electron chi connectivity index (χ1n) is 25.0.